The van der Waals surface area contributed by atoms with Gasteiger partial charge in [0.25, 0.3) is 11.5 Å². The van der Waals surface area contributed by atoms with Crippen LogP contribution in [0.5, 0.6) is 5.75 Å². The third-order valence-electron chi connectivity index (χ3n) is 3.95. The van der Waals surface area contributed by atoms with E-state index in [1.807, 2.05) is 4.90 Å². The number of aromatic nitrogens is 2. The van der Waals surface area contributed by atoms with Gasteiger partial charge in [-0.15, -0.1) is 0 Å². The number of hydrogen-bond acceptors (Lipinski definition) is 5. The molecular formula is C16H17FN4O3. The van der Waals surface area contributed by atoms with Gasteiger partial charge in [0, 0.05) is 38.3 Å². The maximum absolute atomic E-state index is 13.3. The first-order valence-electron chi connectivity index (χ1n) is 7.52. The summed E-state index contributed by atoms with van der Waals surface area (Å²) in [5.74, 6) is -0.109. The highest BCUT2D eigenvalue weighted by molar-refractivity contribution is 5.92. The number of amides is 1. The molecule has 1 saturated heterocycles. The fraction of sp³-hybridized carbons (Fsp3) is 0.312. The molecule has 0 bridgehead atoms. The lowest BCUT2D eigenvalue weighted by Gasteiger charge is -2.36. The van der Waals surface area contributed by atoms with Crippen LogP contribution >= 0.6 is 0 Å². The number of nitrogens with one attached hydrogen (secondary N) is 1. The molecule has 126 valence electrons. The summed E-state index contributed by atoms with van der Waals surface area (Å²) in [6, 6.07) is 7.10. The van der Waals surface area contributed by atoms with Crippen molar-refractivity contribution in [3.8, 4) is 5.75 Å². The Morgan fingerprint density at radius 2 is 1.96 bits per heavy atom. The molecule has 1 fully saturated rings. The quantitative estimate of drug-likeness (QED) is 0.903. The number of nitrogens with zero attached hydrogens (tertiary/aromatic N) is 3. The molecule has 24 heavy (non-hydrogen) atoms. The maximum Gasteiger partial charge on any atom is 0.274 e. The van der Waals surface area contributed by atoms with Crippen LogP contribution in [0.3, 0.4) is 0 Å². The SMILES string of the molecule is COc1cc(F)ccc1N1CCN(C(=O)c2ccc(=O)[nH]n2)CC1. The third kappa shape index (κ3) is 3.22. The lowest BCUT2D eigenvalue weighted by Crippen LogP contribution is -2.49. The molecule has 7 nitrogen and oxygen atoms in total. The van der Waals surface area contributed by atoms with Gasteiger partial charge in [-0.2, -0.15) is 5.10 Å². The van der Waals surface area contributed by atoms with Crippen LogP contribution in [0, 0.1) is 5.82 Å². The molecule has 2 heterocycles. The van der Waals surface area contributed by atoms with Crippen LogP contribution < -0.4 is 15.2 Å². The molecule has 0 aliphatic carbocycles. The predicted molar refractivity (Wildman–Crippen MR) is 85.9 cm³/mol. The number of carbonyl (C=O) groups is 1. The monoisotopic (exact) mass is 332 g/mol. The molecule has 1 aliphatic rings. The number of benzene rings is 1. The van der Waals surface area contributed by atoms with Gasteiger partial charge in [-0.25, -0.2) is 9.49 Å². The first-order chi connectivity index (χ1) is 11.6. The van der Waals surface area contributed by atoms with Gasteiger partial charge in [0.05, 0.1) is 12.8 Å². The summed E-state index contributed by atoms with van der Waals surface area (Å²) in [7, 11) is 1.50. The number of hydrogen-bond donors (Lipinski definition) is 1. The zero-order chi connectivity index (χ0) is 17.1. The first kappa shape index (κ1) is 16.0. The van der Waals surface area contributed by atoms with Crippen molar-refractivity contribution in [2.45, 2.75) is 0 Å². The summed E-state index contributed by atoms with van der Waals surface area (Å²) in [5.41, 5.74) is 0.662. The van der Waals surface area contributed by atoms with Crippen LogP contribution in [-0.2, 0) is 0 Å². The molecule has 3 rings (SSSR count). The zero-order valence-corrected chi connectivity index (χ0v) is 13.2. The number of piperazine rings is 1. The smallest absolute Gasteiger partial charge is 0.274 e. The molecule has 1 N–H and O–H groups in total. The van der Waals surface area contributed by atoms with Gasteiger partial charge >= 0.3 is 0 Å². The van der Waals surface area contributed by atoms with E-state index in [2.05, 4.69) is 10.2 Å². The number of H-pyrrole nitrogens is 1. The van der Waals surface area contributed by atoms with E-state index in [0.717, 1.165) is 5.69 Å². The molecule has 1 aromatic heterocycles. The van der Waals surface area contributed by atoms with E-state index < -0.39 is 0 Å². The summed E-state index contributed by atoms with van der Waals surface area (Å²) >= 11 is 0. The van der Waals surface area contributed by atoms with Crippen LogP contribution in [0.15, 0.2) is 35.1 Å². The fourth-order valence-electron chi connectivity index (χ4n) is 2.69. The Morgan fingerprint density at radius 3 is 2.58 bits per heavy atom. The minimum atomic E-state index is -0.353. The highest BCUT2D eigenvalue weighted by Crippen LogP contribution is 2.29. The molecule has 0 radical (unpaired) electrons. The fourth-order valence-corrected chi connectivity index (χ4v) is 2.69. The number of halogens is 1. The maximum atomic E-state index is 13.3. The summed E-state index contributed by atoms with van der Waals surface area (Å²) in [4.78, 5) is 27.1. The summed E-state index contributed by atoms with van der Waals surface area (Å²) in [6.07, 6.45) is 0. The van der Waals surface area contributed by atoms with Gasteiger partial charge in [-0.3, -0.25) is 9.59 Å². The van der Waals surface area contributed by atoms with Crippen molar-refractivity contribution in [2.75, 3.05) is 38.2 Å². The second-order valence-corrected chi connectivity index (χ2v) is 5.40. The van der Waals surface area contributed by atoms with Gasteiger partial charge in [0.2, 0.25) is 0 Å². The topological polar surface area (TPSA) is 78.5 Å². The van der Waals surface area contributed by atoms with E-state index >= 15 is 0 Å². The Morgan fingerprint density at radius 1 is 1.21 bits per heavy atom. The van der Waals surface area contributed by atoms with E-state index in [9.17, 15) is 14.0 Å². The van der Waals surface area contributed by atoms with E-state index in [1.54, 1.807) is 11.0 Å². The molecule has 1 aromatic carbocycles. The number of aromatic amines is 1. The Kier molecular flexibility index (Phi) is 4.45. The Labute approximate surface area is 137 Å². The zero-order valence-electron chi connectivity index (χ0n) is 13.2. The van der Waals surface area contributed by atoms with E-state index in [-0.39, 0.29) is 23.0 Å². The van der Waals surface area contributed by atoms with E-state index in [1.165, 1.54) is 31.4 Å². The molecule has 1 amide bonds. The average Bonchev–Trinajstić information content (AvgIpc) is 2.62. The number of carbonyl (C=O) groups excluding carboxylic acids is 1. The Bertz CT molecular complexity index is 780. The predicted octanol–water partition coefficient (Wildman–Crippen LogP) is 0.880. The lowest BCUT2D eigenvalue weighted by molar-refractivity contribution is 0.0739. The number of rotatable bonds is 3. The molecule has 0 saturated carbocycles. The van der Waals surface area contributed by atoms with Gasteiger partial charge in [-0.05, 0) is 18.2 Å². The van der Waals surface area contributed by atoms with Crippen LogP contribution in [0.4, 0.5) is 10.1 Å². The van der Waals surface area contributed by atoms with Crippen molar-refractivity contribution >= 4 is 11.6 Å². The average molecular weight is 332 g/mol. The van der Waals surface area contributed by atoms with Gasteiger partial charge in [-0.1, -0.05) is 0 Å². The highest BCUT2D eigenvalue weighted by Gasteiger charge is 2.24. The standard InChI is InChI=1S/C16H17FN4O3/c1-24-14-10-11(17)2-4-13(14)20-6-8-21(9-7-20)16(23)12-3-5-15(22)19-18-12/h2-5,10H,6-9H2,1H3,(H,19,22). The summed E-state index contributed by atoms with van der Waals surface area (Å²) in [5, 5.41) is 6.02. The normalized spacial score (nSPS) is 14.6. The van der Waals surface area contributed by atoms with Crippen molar-refractivity contribution in [1.29, 1.82) is 0 Å². The number of ether oxygens (including phenoxy) is 1. The Balaban J connectivity index is 1.68. The third-order valence-corrected chi connectivity index (χ3v) is 3.95. The lowest BCUT2D eigenvalue weighted by atomic mass is 10.2. The molecule has 0 spiro atoms. The van der Waals surface area contributed by atoms with Crippen molar-refractivity contribution in [1.82, 2.24) is 15.1 Å². The van der Waals surface area contributed by atoms with Crippen molar-refractivity contribution in [3.05, 3.63) is 52.2 Å². The van der Waals surface area contributed by atoms with Gasteiger partial charge in [0.15, 0.2) is 0 Å². The van der Waals surface area contributed by atoms with Crippen LogP contribution in [0.25, 0.3) is 0 Å². The van der Waals surface area contributed by atoms with Gasteiger partial charge in [0.1, 0.15) is 17.3 Å². The molecule has 1 aliphatic heterocycles. The second-order valence-electron chi connectivity index (χ2n) is 5.40. The van der Waals surface area contributed by atoms with Crippen LogP contribution in [0.2, 0.25) is 0 Å². The highest BCUT2D eigenvalue weighted by atomic mass is 19.1. The summed E-state index contributed by atoms with van der Waals surface area (Å²) in [6.45, 7) is 2.19. The first-order valence-corrected chi connectivity index (χ1v) is 7.52. The molecule has 2 aromatic rings. The van der Waals surface area contributed by atoms with Crippen LogP contribution in [0.1, 0.15) is 10.5 Å². The molecule has 0 unspecified atom stereocenters. The molecule has 0 atom stereocenters. The minimum Gasteiger partial charge on any atom is -0.494 e. The summed E-state index contributed by atoms with van der Waals surface area (Å²) < 4.78 is 18.5. The van der Waals surface area contributed by atoms with Crippen molar-refractivity contribution < 1.29 is 13.9 Å². The second kappa shape index (κ2) is 6.69. The van der Waals surface area contributed by atoms with Crippen molar-refractivity contribution in [2.24, 2.45) is 0 Å². The Hall–Kier alpha value is -2.90. The minimum absolute atomic E-state index is 0.211. The van der Waals surface area contributed by atoms with Gasteiger partial charge < -0.3 is 14.5 Å². The number of methoxy groups -OCH3 is 1. The van der Waals surface area contributed by atoms with Crippen LogP contribution in [-0.4, -0.2) is 54.3 Å². The number of anilines is 1. The van der Waals surface area contributed by atoms with E-state index in [0.29, 0.717) is 31.9 Å². The largest absolute Gasteiger partial charge is 0.494 e. The van der Waals surface area contributed by atoms with E-state index in [4.69, 9.17) is 4.74 Å². The molecular weight excluding hydrogens is 315 g/mol. The van der Waals surface area contributed by atoms with Crippen molar-refractivity contribution in [3.63, 3.8) is 0 Å². The molecule has 8 heteroatoms.